The fraction of sp³-hybridized carbons (Fsp3) is 0.636. The quantitative estimate of drug-likeness (QED) is 0.832. The monoisotopic (exact) mass is 277 g/mol. The molecule has 1 atom stereocenters. The van der Waals surface area contributed by atoms with Gasteiger partial charge in [-0.1, -0.05) is 11.6 Å². The summed E-state index contributed by atoms with van der Waals surface area (Å²) in [4.78, 5) is 13.6. The van der Waals surface area contributed by atoms with Crippen LogP contribution in [0.2, 0.25) is 5.02 Å². The van der Waals surface area contributed by atoms with Crippen LogP contribution in [0.5, 0.6) is 0 Å². The Morgan fingerprint density at radius 3 is 2.61 bits per heavy atom. The Balaban J connectivity index is 2.00. The molecule has 2 heterocycles. The molecule has 0 aromatic carbocycles. The molecule has 1 fully saturated rings. The number of piperidine rings is 1. The Bertz CT molecular complexity index is 439. The summed E-state index contributed by atoms with van der Waals surface area (Å²) in [5.74, 6) is -2.85. The summed E-state index contributed by atoms with van der Waals surface area (Å²) in [6.45, 7) is 1.86. The third-order valence-corrected chi connectivity index (χ3v) is 3.33. The molecular weight excluding hydrogens is 264 g/mol. The molecule has 0 aliphatic carbocycles. The SMILES string of the molecule is C[C@@H](C(=O)N1CCC(F)(F)CC1)n1cc(Cl)cn1. The molecule has 0 saturated carbocycles. The zero-order valence-electron chi connectivity index (χ0n) is 9.94. The number of likely N-dealkylation sites (tertiary alicyclic amines) is 1. The van der Waals surface area contributed by atoms with Gasteiger partial charge in [0.15, 0.2) is 0 Å². The number of nitrogens with zero attached hydrogens (tertiary/aromatic N) is 3. The first-order valence-corrected chi connectivity index (χ1v) is 6.13. The lowest BCUT2D eigenvalue weighted by molar-refractivity contribution is -0.140. The van der Waals surface area contributed by atoms with Crippen LogP contribution in [0.3, 0.4) is 0 Å². The first-order valence-electron chi connectivity index (χ1n) is 5.75. The van der Waals surface area contributed by atoms with Crippen LogP contribution in [-0.2, 0) is 4.79 Å². The van der Waals surface area contributed by atoms with E-state index in [1.807, 2.05) is 0 Å². The van der Waals surface area contributed by atoms with Crippen LogP contribution in [0, 0.1) is 0 Å². The van der Waals surface area contributed by atoms with Crippen LogP contribution < -0.4 is 0 Å². The minimum atomic E-state index is -2.64. The van der Waals surface area contributed by atoms with Crippen molar-refractivity contribution in [1.29, 1.82) is 0 Å². The summed E-state index contributed by atoms with van der Waals surface area (Å²) in [7, 11) is 0. The molecule has 1 amide bonds. The third kappa shape index (κ3) is 2.80. The molecule has 0 bridgehead atoms. The first kappa shape index (κ1) is 13.3. The van der Waals surface area contributed by atoms with E-state index in [2.05, 4.69) is 5.10 Å². The smallest absolute Gasteiger partial charge is 0.251 e. The van der Waals surface area contributed by atoms with E-state index >= 15 is 0 Å². The molecule has 0 unspecified atom stereocenters. The van der Waals surface area contributed by atoms with Crippen LogP contribution in [0.15, 0.2) is 12.4 Å². The summed E-state index contributed by atoms with van der Waals surface area (Å²) in [5, 5.41) is 4.39. The molecule has 18 heavy (non-hydrogen) atoms. The van der Waals surface area contributed by atoms with Crippen molar-refractivity contribution >= 4 is 17.5 Å². The van der Waals surface area contributed by atoms with E-state index in [4.69, 9.17) is 11.6 Å². The number of alkyl halides is 2. The van der Waals surface area contributed by atoms with Gasteiger partial charge in [0.2, 0.25) is 5.91 Å². The van der Waals surface area contributed by atoms with Crippen molar-refractivity contribution in [2.45, 2.75) is 31.7 Å². The second-order valence-electron chi connectivity index (χ2n) is 4.50. The van der Waals surface area contributed by atoms with E-state index in [-0.39, 0.29) is 31.8 Å². The highest BCUT2D eigenvalue weighted by atomic mass is 35.5. The Hall–Kier alpha value is -1.17. The number of carbonyl (C=O) groups is 1. The highest BCUT2D eigenvalue weighted by molar-refractivity contribution is 6.30. The minimum absolute atomic E-state index is 0.0885. The van der Waals surface area contributed by atoms with Crippen LogP contribution >= 0.6 is 11.6 Å². The Kier molecular flexibility index (Phi) is 3.56. The molecule has 1 saturated heterocycles. The second kappa shape index (κ2) is 4.84. The van der Waals surface area contributed by atoms with Gasteiger partial charge in [-0.3, -0.25) is 9.48 Å². The highest BCUT2D eigenvalue weighted by Gasteiger charge is 2.36. The summed E-state index contributed by atoms with van der Waals surface area (Å²) >= 11 is 5.72. The summed E-state index contributed by atoms with van der Waals surface area (Å²) in [5.41, 5.74) is 0. The van der Waals surface area contributed by atoms with Crippen molar-refractivity contribution in [2.75, 3.05) is 13.1 Å². The number of amides is 1. The predicted molar refractivity (Wildman–Crippen MR) is 62.7 cm³/mol. The predicted octanol–water partition coefficient (Wildman–Crippen LogP) is 2.36. The van der Waals surface area contributed by atoms with Gasteiger partial charge in [0, 0.05) is 32.1 Å². The van der Waals surface area contributed by atoms with Gasteiger partial charge in [-0.2, -0.15) is 5.10 Å². The standard InChI is InChI=1S/C11H14ClF2N3O/c1-8(17-7-9(12)6-15-17)10(18)16-4-2-11(13,14)3-5-16/h6-8H,2-5H2,1H3/t8-/m0/s1. The van der Waals surface area contributed by atoms with Gasteiger partial charge < -0.3 is 4.90 Å². The molecule has 1 aliphatic rings. The zero-order valence-corrected chi connectivity index (χ0v) is 10.7. The lowest BCUT2D eigenvalue weighted by atomic mass is 10.1. The molecule has 100 valence electrons. The van der Waals surface area contributed by atoms with Crippen LogP contribution in [0.1, 0.15) is 25.8 Å². The second-order valence-corrected chi connectivity index (χ2v) is 4.93. The van der Waals surface area contributed by atoms with Crippen molar-refractivity contribution in [1.82, 2.24) is 14.7 Å². The van der Waals surface area contributed by atoms with Crippen molar-refractivity contribution in [2.24, 2.45) is 0 Å². The zero-order chi connectivity index (χ0) is 13.3. The normalized spacial score (nSPS) is 20.8. The maximum absolute atomic E-state index is 13.0. The van der Waals surface area contributed by atoms with Gasteiger partial charge in [-0.25, -0.2) is 8.78 Å². The number of rotatable bonds is 2. The highest BCUT2D eigenvalue weighted by Crippen LogP contribution is 2.28. The number of halogens is 3. The largest absolute Gasteiger partial charge is 0.340 e. The Labute approximate surface area is 109 Å². The van der Waals surface area contributed by atoms with Crippen molar-refractivity contribution in [3.05, 3.63) is 17.4 Å². The number of aromatic nitrogens is 2. The average Bonchev–Trinajstić information content (AvgIpc) is 2.74. The number of hydrogen-bond acceptors (Lipinski definition) is 2. The first-order chi connectivity index (χ1) is 8.39. The van der Waals surface area contributed by atoms with E-state index in [1.165, 1.54) is 15.8 Å². The molecule has 2 rings (SSSR count). The fourth-order valence-electron chi connectivity index (χ4n) is 1.96. The van der Waals surface area contributed by atoms with Gasteiger partial charge in [-0.05, 0) is 6.92 Å². The summed E-state index contributed by atoms with van der Waals surface area (Å²) in [6.07, 6.45) is 2.44. The maximum atomic E-state index is 13.0. The molecule has 0 radical (unpaired) electrons. The molecule has 7 heteroatoms. The van der Waals surface area contributed by atoms with E-state index in [0.29, 0.717) is 5.02 Å². The van der Waals surface area contributed by atoms with Crippen molar-refractivity contribution < 1.29 is 13.6 Å². The lowest BCUT2D eigenvalue weighted by Gasteiger charge is -2.33. The van der Waals surface area contributed by atoms with Crippen LogP contribution in [0.25, 0.3) is 0 Å². The van der Waals surface area contributed by atoms with Crippen LogP contribution in [0.4, 0.5) is 8.78 Å². The fourth-order valence-corrected chi connectivity index (χ4v) is 2.10. The summed E-state index contributed by atoms with van der Waals surface area (Å²) < 4.78 is 27.4. The topological polar surface area (TPSA) is 38.1 Å². The molecule has 1 aliphatic heterocycles. The molecular formula is C11H14ClF2N3O. The number of carbonyl (C=O) groups excluding carboxylic acids is 1. The Morgan fingerprint density at radius 2 is 2.11 bits per heavy atom. The van der Waals surface area contributed by atoms with E-state index in [1.54, 1.807) is 13.1 Å². The maximum Gasteiger partial charge on any atom is 0.251 e. The van der Waals surface area contributed by atoms with Gasteiger partial charge in [0.1, 0.15) is 6.04 Å². The average molecular weight is 278 g/mol. The summed E-state index contributed by atoms with van der Waals surface area (Å²) in [6, 6.07) is -0.524. The van der Waals surface area contributed by atoms with Gasteiger partial charge >= 0.3 is 0 Å². The van der Waals surface area contributed by atoms with Crippen molar-refractivity contribution in [3.8, 4) is 0 Å². The van der Waals surface area contributed by atoms with Gasteiger partial charge in [-0.15, -0.1) is 0 Å². The van der Waals surface area contributed by atoms with E-state index in [9.17, 15) is 13.6 Å². The minimum Gasteiger partial charge on any atom is -0.340 e. The van der Waals surface area contributed by atoms with E-state index < -0.39 is 12.0 Å². The molecule has 4 nitrogen and oxygen atoms in total. The molecule has 0 N–H and O–H groups in total. The van der Waals surface area contributed by atoms with Crippen molar-refractivity contribution in [3.63, 3.8) is 0 Å². The van der Waals surface area contributed by atoms with Crippen LogP contribution in [-0.4, -0.2) is 39.6 Å². The molecule has 0 spiro atoms. The molecule has 1 aromatic heterocycles. The third-order valence-electron chi connectivity index (χ3n) is 3.13. The Morgan fingerprint density at radius 1 is 1.50 bits per heavy atom. The van der Waals surface area contributed by atoms with Gasteiger partial charge in [0.05, 0.1) is 11.2 Å². The van der Waals surface area contributed by atoms with Gasteiger partial charge in [0.25, 0.3) is 5.92 Å². The number of hydrogen-bond donors (Lipinski definition) is 0. The lowest BCUT2D eigenvalue weighted by Crippen LogP contribution is -2.45. The molecule has 1 aromatic rings. The van der Waals surface area contributed by atoms with E-state index in [0.717, 1.165) is 0 Å².